The molecule has 1 N–H and O–H groups in total. The third kappa shape index (κ3) is 4.04. The lowest BCUT2D eigenvalue weighted by Gasteiger charge is -2.39. The summed E-state index contributed by atoms with van der Waals surface area (Å²) in [4.78, 5) is 25.7. The van der Waals surface area contributed by atoms with Crippen LogP contribution in [-0.4, -0.2) is 39.4 Å². The van der Waals surface area contributed by atoms with E-state index in [1.165, 1.54) is 16.7 Å². The fourth-order valence-corrected chi connectivity index (χ4v) is 4.16. The maximum absolute atomic E-state index is 13.6. The molecule has 2 atom stereocenters. The van der Waals surface area contributed by atoms with Crippen LogP contribution in [0.4, 0.5) is 8.78 Å². The highest BCUT2D eigenvalue weighted by atomic mass is 32.2. The largest absolute Gasteiger partial charge is 0.480 e. The third-order valence-corrected chi connectivity index (χ3v) is 5.29. The number of carboxylic acids is 1. The molecule has 1 heterocycles. The number of benzene rings is 2. The van der Waals surface area contributed by atoms with Crippen LogP contribution >= 0.6 is 11.8 Å². The fraction of sp³-hybridized carbons (Fsp3) is 0.263. The van der Waals surface area contributed by atoms with Gasteiger partial charge in [-0.15, -0.1) is 11.8 Å². The first-order valence-corrected chi connectivity index (χ1v) is 9.23. The SMILES string of the molecule is O=C(O)C(Cc1ccccc1)N1C(=O)CSC[C@H]1c1cc(F)cc(F)c1. The average Bonchev–Trinajstić information content (AvgIpc) is 2.60. The molecular formula is C19H17F2NO3S. The van der Waals surface area contributed by atoms with E-state index in [9.17, 15) is 23.5 Å². The van der Waals surface area contributed by atoms with Crippen LogP contribution in [0.1, 0.15) is 17.2 Å². The van der Waals surface area contributed by atoms with Gasteiger partial charge < -0.3 is 10.0 Å². The molecule has 0 saturated carbocycles. The van der Waals surface area contributed by atoms with Crippen molar-refractivity contribution < 1.29 is 23.5 Å². The molecule has 1 fully saturated rings. The first kappa shape index (κ1) is 18.4. The Bertz CT molecular complexity index is 795. The number of nitrogens with zero attached hydrogens (tertiary/aromatic N) is 1. The Morgan fingerprint density at radius 3 is 2.46 bits per heavy atom. The first-order chi connectivity index (χ1) is 12.5. The molecule has 1 saturated heterocycles. The number of halogens is 2. The summed E-state index contributed by atoms with van der Waals surface area (Å²) >= 11 is 1.33. The molecule has 1 aliphatic heterocycles. The minimum atomic E-state index is -1.14. The standard InChI is InChI=1S/C19H17F2NO3S/c20-14-7-13(8-15(21)9-14)17-10-26-11-18(23)22(17)16(19(24)25)6-12-4-2-1-3-5-12/h1-5,7-9,16-17H,6,10-11H2,(H,24,25)/t16?,17-/m0/s1. The second kappa shape index (κ2) is 7.86. The predicted molar refractivity (Wildman–Crippen MR) is 94.8 cm³/mol. The van der Waals surface area contributed by atoms with Crippen molar-refractivity contribution in [1.82, 2.24) is 4.90 Å². The van der Waals surface area contributed by atoms with Gasteiger partial charge in [0, 0.05) is 18.2 Å². The topological polar surface area (TPSA) is 57.6 Å². The molecule has 136 valence electrons. The van der Waals surface area contributed by atoms with Crippen molar-refractivity contribution in [2.24, 2.45) is 0 Å². The number of amides is 1. The lowest BCUT2D eigenvalue weighted by molar-refractivity contribution is -0.151. The zero-order chi connectivity index (χ0) is 18.7. The molecule has 0 aromatic heterocycles. The highest BCUT2D eigenvalue weighted by Gasteiger charge is 2.38. The first-order valence-electron chi connectivity index (χ1n) is 8.07. The maximum atomic E-state index is 13.6. The maximum Gasteiger partial charge on any atom is 0.326 e. The number of carbonyl (C=O) groups excluding carboxylic acids is 1. The van der Waals surface area contributed by atoms with Gasteiger partial charge in [0.2, 0.25) is 5.91 Å². The molecule has 26 heavy (non-hydrogen) atoms. The summed E-state index contributed by atoms with van der Waals surface area (Å²) in [6.07, 6.45) is 0.126. The van der Waals surface area contributed by atoms with Gasteiger partial charge in [0.25, 0.3) is 0 Å². The van der Waals surface area contributed by atoms with Crippen molar-refractivity contribution in [3.05, 3.63) is 71.3 Å². The van der Waals surface area contributed by atoms with Gasteiger partial charge in [-0.3, -0.25) is 4.79 Å². The van der Waals surface area contributed by atoms with Crippen LogP contribution in [0, 0.1) is 11.6 Å². The van der Waals surface area contributed by atoms with Gasteiger partial charge in [0.1, 0.15) is 17.7 Å². The van der Waals surface area contributed by atoms with Crippen LogP contribution in [0.5, 0.6) is 0 Å². The van der Waals surface area contributed by atoms with E-state index in [4.69, 9.17) is 0 Å². The van der Waals surface area contributed by atoms with Crippen molar-refractivity contribution in [3.63, 3.8) is 0 Å². The van der Waals surface area contributed by atoms with Crippen LogP contribution < -0.4 is 0 Å². The van der Waals surface area contributed by atoms with Gasteiger partial charge >= 0.3 is 5.97 Å². The smallest absolute Gasteiger partial charge is 0.326 e. The Morgan fingerprint density at radius 1 is 1.19 bits per heavy atom. The summed E-state index contributed by atoms with van der Waals surface area (Å²) in [7, 11) is 0. The molecule has 1 amide bonds. The average molecular weight is 377 g/mol. The molecule has 2 aromatic rings. The van der Waals surface area contributed by atoms with Crippen LogP contribution in [0.2, 0.25) is 0 Å². The lowest BCUT2D eigenvalue weighted by atomic mass is 9.99. The Morgan fingerprint density at radius 2 is 1.85 bits per heavy atom. The van der Waals surface area contributed by atoms with Crippen LogP contribution in [0.25, 0.3) is 0 Å². The summed E-state index contributed by atoms with van der Waals surface area (Å²) in [6, 6.07) is 10.2. The number of carboxylic acid groups (broad SMARTS) is 1. The minimum absolute atomic E-state index is 0.126. The van der Waals surface area contributed by atoms with E-state index in [2.05, 4.69) is 0 Å². The normalized spacial score (nSPS) is 18.6. The zero-order valence-corrected chi connectivity index (χ0v) is 14.6. The summed E-state index contributed by atoms with van der Waals surface area (Å²) in [5.74, 6) is -2.47. The van der Waals surface area contributed by atoms with Gasteiger partial charge in [0.15, 0.2) is 0 Å². The van der Waals surface area contributed by atoms with E-state index >= 15 is 0 Å². The molecule has 0 radical (unpaired) electrons. The molecule has 4 nitrogen and oxygen atoms in total. The summed E-state index contributed by atoms with van der Waals surface area (Å²) in [5, 5.41) is 9.73. The number of carbonyl (C=O) groups is 2. The number of rotatable bonds is 5. The molecule has 7 heteroatoms. The quantitative estimate of drug-likeness (QED) is 0.869. The molecule has 0 bridgehead atoms. The molecule has 1 aliphatic rings. The van der Waals surface area contributed by atoms with Crippen LogP contribution in [0.3, 0.4) is 0 Å². The van der Waals surface area contributed by atoms with Crippen molar-refractivity contribution in [1.29, 1.82) is 0 Å². The van der Waals surface area contributed by atoms with Crippen LogP contribution in [0.15, 0.2) is 48.5 Å². The monoisotopic (exact) mass is 377 g/mol. The van der Waals surface area contributed by atoms with Gasteiger partial charge in [0.05, 0.1) is 11.8 Å². The predicted octanol–water partition coefficient (Wildman–Crippen LogP) is 3.28. The highest BCUT2D eigenvalue weighted by molar-refractivity contribution is 8.00. The van der Waals surface area contributed by atoms with Gasteiger partial charge in [-0.1, -0.05) is 30.3 Å². The van der Waals surface area contributed by atoms with Crippen LogP contribution in [-0.2, 0) is 16.0 Å². The van der Waals surface area contributed by atoms with E-state index in [1.54, 1.807) is 24.3 Å². The fourth-order valence-electron chi connectivity index (χ4n) is 3.14. The Balaban J connectivity index is 1.97. The van der Waals surface area contributed by atoms with Crippen molar-refractivity contribution >= 4 is 23.6 Å². The van der Waals surface area contributed by atoms with E-state index in [-0.39, 0.29) is 23.6 Å². The minimum Gasteiger partial charge on any atom is -0.480 e. The molecule has 1 unspecified atom stereocenters. The van der Waals surface area contributed by atoms with Crippen molar-refractivity contribution in [2.75, 3.05) is 11.5 Å². The lowest BCUT2D eigenvalue weighted by Crippen LogP contribution is -2.51. The second-order valence-electron chi connectivity index (χ2n) is 6.08. The Labute approximate surface area is 153 Å². The number of thioether (sulfide) groups is 1. The molecule has 3 rings (SSSR count). The second-order valence-corrected chi connectivity index (χ2v) is 7.11. The third-order valence-electron chi connectivity index (χ3n) is 4.29. The van der Waals surface area contributed by atoms with E-state index < -0.39 is 29.7 Å². The van der Waals surface area contributed by atoms with E-state index in [1.807, 2.05) is 6.07 Å². The van der Waals surface area contributed by atoms with Gasteiger partial charge in [-0.25, -0.2) is 13.6 Å². The van der Waals surface area contributed by atoms with E-state index in [0.29, 0.717) is 5.75 Å². The Kier molecular flexibility index (Phi) is 5.56. The molecular weight excluding hydrogens is 360 g/mol. The van der Waals surface area contributed by atoms with Crippen molar-refractivity contribution in [2.45, 2.75) is 18.5 Å². The summed E-state index contributed by atoms with van der Waals surface area (Å²) < 4.78 is 27.3. The van der Waals surface area contributed by atoms with Gasteiger partial charge in [-0.2, -0.15) is 0 Å². The van der Waals surface area contributed by atoms with E-state index in [0.717, 1.165) is 23.8 Å². The molecule has 0 spiro atoms. The Hall–Kier alpha value is -2.41. The van der Waals surface area contributed by atoms with Crippen molar-refractivity contribution in [3.8, 4) is 0 Å². The summed E-state index contributed by atoms with van der Waals surface area (Å²) in [6.45, 7) is 0. The number of hydrogen-bond donors (Lipinski definition) is 1. The van der Waals surface area contributed by atoms with Gasteiger partial charge in [-0.05, 0) is 23.3 Å². The molecule has 2 aromatic carbocycles. The molecule has 0 aliphatic carbocycles. The highest BCUT2D eigenvalue weighted by Crippen LogP contribution is 2.33. The number of hydrogen-bond acceptors (Lipinski definition) is 3. The zero-order valence-electron chi connectivity index (χ0n) is 13.8. The number of aliphatic carboxylic acids is 1. The summed E-state index contributed by atoms with van der Waals surface area (Å²) in [5.41, 5.74) is 1.04.